The van der Waals surface area contributed by atoms with E-state index in [1.165, 1.54) is 55.5 Å². The number of imidazole rings is 2. The molecule has 3 aromatic carbocycles. The molecule has 17 N–H and O–H groups in total. The van der Waals surface area contributed by atoms with Gasteiger partial charge in [0.1, 0.15) is 60.4 Å². The Labute approximate surface area is 599 Å². The second-order valence-corrected chi connectivity index (χ2v) is 27.1. The van der Waals surface area contributed by atoms with Crippen LogP contribution in [0.3, 0.4) is 0 Å². The van der Waals surface area contributed by atoms with Crippen molar-refractivity contribution >= 4 is 105 Å². The van der Waals surface area contributed by atoms with Crippen LogP contribution in [0.2, 0.25) is 0 Å². The zero-order valence-electron chi connectivity index (χ0n) is 57.6. The molecule has 6 aromatic rings. The van der Waals surface area contributed by atoms with Crippen molar-refractivity contribution in [3.8, 4) is 12.3 Å². The molecule has 0 saturated heterocycles. The first-order chi connectivity index (χ1) is 49.0. The highest BCUT2D eigenvalue weighted by Gasteiger charge is 2.38. The van der Waals surface area contributed by atoms with E-state index in [1.54, 1.807) is 50.4 Å². The number of amides is 12. The summed E-state index contributed by atoms with van der Waals surface area (Å²) in [4.78, 5) is 187. The van der Waals surface area contributed by atoms with Gasteiger partial charge in [0.25, 0.3) is 0 Å². The number of nitrogens with zero attached hydrogens (tertiary/aromatic N) is 2. The molecule has 12 amide bonds. The molecule has 11 atom stereocenters. The fourth-order valence-corrected chi connectivity index (χ4v) is 13.7. The number of carbonyl (C=O) groups excluding carboxylic acids is 12. The van der Waals surface area contributed by atoms with Gasteiger partial charge in [0.2, 0.25) is 70.9 Å². The second kappa shape index (κ2) is 39.5. The van der Waals surface area contributed by atoms with E-state index >= 15 is 14.4 Å². The fourth-order valence-electron chi connectivity index (χ4n) is 11.5. The summed E-state index contributed by atoms with van der Waals surface area (Å²) in [7, 11) is 0. The summed E-state index contributed by atoms with van der Waals surface area (Å²) < 4.78 is 0. The van der Waals surface area contributed by atoms with Gasteiger partial charge in [0, 0.05) is 102 Å². The molecule has 1 aliphatic rings. The Balaban J connectivity index is 1.14. The Morgan fingerprint density at radius 3 is 1.79 bits per heavy atom. The third-order valence-electron chi connectivity index (χ3n) is 17.6. The maximum Gasteiger partial charge on any atom is 0.244 e. The van der Waals surface area contributed by atoms with Crippen molar-refractivity contribution in [2.24, 2.45) is 23.3 Å². The summed E-state index contributed by atoms with van der Waals surface area (Å²) in [6, 6.07) is 9.69. The minimum Gasteiger partial charge on any atom is -0.370 e. The van der Waals surface area contributed by atoms with Gasteiger partial charge in [0.15, 0.2) is 0 Å². The van der Waals surface area contributed by atoms with E-state index in [0.717, 1.165) is 22.0 Å². The lowest BCUT2D eigenvalue weighted by Crippen LogP contribution is -2.62. The van der Waals surface area contributed by atoms with E-state index in [2.05, 4.69) is 84.0 Å². The number of fused-ring (bicyclic) bond motifs is 2. The number of primary amides is 2. The van der Waals surface area contributed by atoms with E-state index in [1.807, 2.05) is 62.4 Å². The Bertz CT molecular complexity index is 3900. The smallest absolute Gasteiger partial charge is 0.244 e. The molecular weight excluding hydrogens is 1350 g/mol. The number of aromatic amines is 3. The number of H-pyrrole nitrogens is 3. The zero-order chi connectivity index (χ0) is 73.8. The molecule has 7 rings (SSSR count). The highest BCUT2D eigenvalue weighted by Crippen LogP contribution is 2.25. The standard InChI is InChI=1S/C71H91N17O12S2/c1-7-11-25-59(90)87-61(43(9-3)10-4)71(100)86-57-37-102-35-45-22-16-15-21-44(45)34-101-36-56(85-63(92)41(6)79-64(93)55(30-58(72)89)83-69(57)98)68(97)81-52(26-42-19-13-12-14-20-42)65(94)82-54(29-48-33-75-39-78-48)67(96)88-60(40(5)8-2)70(99)84-53(27-46-31-76-50-24-18-17-23-49(46)50)66(95)80-51(62(73)91)28-47-32-74-38-77-47/h1,12-24,31-33,38-41,43,51-57,60-61,76H,8-11,25-30,34-37H2,2-6H3,(H2,72,89)(H2,73,91)(H,74,77)(H,75,78)(H,79,93)(H,80,95)(H,81,97)(H,82,94)(H,83,98)(H,84,99)(H,85,92)(H,86,100)(H,87,90)(H,88,96)/t40-,41-,51-,52-,53-,54-,55?,56+,57+,60?,61-/m0/s1. The van der Waals surface area contributed by atoms with Crippen molar-refractivity contribution in [2.75, 3.05) is 11.5 Å². The third-order valence-corrected chi connectivity index (χ3v) is 19.7. The van der Waals surface area contributed by atoms with Crippen molar-refractivity contribution in [3.05, 3.63) is 144 Å². The van der Waals surface area contributed by atoms with E-state index in [4.69, 9.17) is 17.9 Å². The first kappa shape index (κ1) is 78.9. The van der Waals surface area contributed by atoms with Crippen LogP contribution in [0, 0.1) is 24.2 Å². The average molecular weight is 1440 g/mol. The van der Waals surface area contributed by atoms with Gasteiger partial charge >= 0.3 is 0 Å². The number of thioether (sulfide) groups is 2. The van der Waals surface area contributed by atoms with E-state index in [9.17, 15) is 43.2 Å². The third kappa shape index (κ3) is 23.6. The Morgan fingerprint density at radius 1 is 0.608 bits per heavy atom. The minimum absolute atomic E-state index is 0.0344. The maximum atomic E-state index is 15.1. The first-order valence-corrected chi connectivity index (χ1v) is 36.1. The molecule has 544 valence electrons. The van der Waals surface area contributed by atoms with Gasteiger partial charge in [-0.2, -0.15) is 23.5 Å². The summed E-state index contributed by atoms with van der Waals surface area (Å²) in [5.74, 6) is -7.87. The van der Waals surface area contributed by atoms with Crippen LogP contribution in [0.5, 0.6) is 0 Å². The number of carbonyl (C=O) groups is 12. The largest absolute Gasteiger partial charge is 0.370 e. The van der Waals surface area contributed by atoms with Gasteiger partial charge in [-0.25, -0.2) is 9.97 Å². The number of rotatable bonds is 31. The molecule has 0 radical (unpaired) electrons. The lowest BCUT2D eigenvalue weighted by molar-refractivity contribution is -0.136. The van der Waals surface area contributed by atoms with Gasteiger partial charge in [-0.1, -0.05) is 120 Å². The Hall–Kier alpha value is -10.5. The van der Waals surface area contributed by atoms with Crippen LogP contribution < -0.4 is 64.6 Å². The maximum absolute atomic E-state index is 15.1. The highest BCUT2D eigenvalue weighted by molar-refractivity contribution is 7.99. The second-order valence-electron chi connectivity index (χ2n) is 25.0. The molecule has 0 bridgehead atoms. The number of para-hydroxylation sites is 1. The van der Waals surface area contributed by atoms with Gasteiger partial charge in [-0.3, -0.25) is 57.5 Å². The molecule has 1 aliphatic heterocycles. The number of aromatic nitrogens is 5. The molecule has 102 heavy (non-hydrogen) atoms. The molecule has 31 heteroatoms. The zero-order valence-corrected chi connectivity index (χ0v) is 59.2. The Morgan fingerprint density at radius 2 is 1.19 bits per heavy atom. The molecule has 0 aliphatic carbocycles. The van der Waals surface area contributed by atoms with E-state index < -0.39 is 144 Å². The van der Waals surface area contributed by atoms with Crippen LogP contribution in [-0.4, -0.2) is 168 Å². The number of nitrogens with two attached hydrogens (primary N) is 2. The van der Waals surface area contributed by atoms with Gasteiger partial charge < -0.3 is 79.6 Å². The van der Waals surface area contributed by atoms with Crippen molar-refractivity contribution in [2.45, 2.75) is 171 Å². The molecule has 29 nitrogen and oxygen atoms in total. The van der Waals surface area contributed by atoms with Crippen molar-refractivity contribution in [3.63, 3.8) is 0 Å². The number of hydrogen-bond acceptors (Lipinski definition) is 16. The highest BCUT2D eigenvalue weighted by atomic mass is 32.2. The van der Waals surface area contributed by atoms with E-state index in [-0.39, 0.29) is 61.7 Å². The summed E-state index contributed by atoms with van der Waals surface area (Å²) in [5, 5.41) is 28.1. The SMILES string of the molecule is C#CCCC(=O)N[C@H](C(=O)N[C@@H]1CSCc2ccccc2CSC[C@H](C(=O)N[C@@H](Cc2ccccc2)C(=O)N[C@@H](Cc2cnc[nH]2)C(=O)NC(C(=O)N[C@@H](Cc2c[nH]c3ccccc23)C(=O)N[C@@H](Cc2cnc[nH]2)C(N)=O)[C@@H](C)CC)NC(=O)[C@H](C)NC(=O)C(CC(N)=O)NC1=O)C(CC)CC. The van der Waals surface area contributed by atoms with Crippen LogP contribution in [0.25, 0.3) is 10.9 Å². The van der Waals surface area contributed by atoms with Crippen LogP contribution in [0.4, 0.5) is 0 Å². The molecular formula is C71H91N17O12S2. The predicted octanol–water partition coefficient (Wildman–Crippen LogP) is 1.19. The minimum atomic E-state index is -1.67. The van der Waals surface area contributed by atoms with Crippen molar-refractivity contribution in [1.82, 2.24) is 78.1 Å². The monoisotopic (exact) mass is 1440 g/mol. The number of terminal acetylenes is 1. The summed E-state index contributed by atoms with van der Waals surface area (Å²) in [6.45, 7) is 8.56. The quantitative estimate of drug-likeness (QED) is 0.0272. The first-order valence-electron chi connectivity index (χ1n) is 33.8. The molecule has 0 spiro atoms. The van der Waals surface area contributed by atoms with Crippen LogP contribution in [0.1, 0.15) is 107 Å². The topological polar surface area (TPSA) is 450 Å². The molecule has 2 unspecified atom stereocenters. The van der Waals surface area contributed by atoms with Crippen LogP contribution in [-0.2, 0) is 94.7 Å². The lowest BCUT2D eigenvalue weighted by Gasteiger charge is -2.29. The normalized spacial score (nSPS) is 18.1. The predicted molar refractivity (Wildman–Crippen MR) is 385 cm³/mol. The lowest BCUT2D eigenvalue weighted by atomic mass is 9.93. The average Bonchev–Trinajstić information content (AvgIpc) is 1.42. The summed E-state index contributed by atoms with van der Waals surface area (Å²) in [6.07, 6.45) is 13.1. The Kier molecular flexibility index (Phi) is 30.5. The summed E-state index contributed by atoms with van der Waals surface area (Å²) in [5.41, 5.74) is 16.0. The molecule has 0 fully saturated rings. The van der Waals surface area contributed by atoms with E-state index in [0.29, 0.717) is 47.5 Å². The number of hydrogen-bond donors (Lipinski definition) is 15. The van der Waals surface area contributed by atoms with Crippen LogP contribution >= 0.6 is 23.5 Å². The van der Waals surface area contributed by atoms with Crippen molar-refractivity contribution in [1.29, 1.82) is 0 Å². The molecule has 3 aromatic heterocycles. The van der Waals surface area contributed by atoms with Gasteiger partial charge in [-0.15, -0.1) is 12.3 Å². The molecule has 4 heterocycles. The van der Waals surface area contributed by atoms with Gasteiger partial charge in [0.05, 0.1) is 19.1 Å². The van der Waals surface area contributed by atoms with Gasteiger partial charge in [-0.05, 0) is 47.1 Å². The van der Waals surface area contributed by atoms with Crippen LogP contribution in [0.15, 0.2) is 110 Å². The number of nitrogens with one attached hydrogen (secondary N) is 13. The number of benzene rings is 3. The molecule has 0 saturated carbocycles. The fraction of sp³-hybridized carbons (Fsp3) is 0.437. The summed E-state index contributed by atoms with van der Waals surface area (Å²) >= 11 is 2.54. The van der Waals surface area contributed by atoms with Crippen molar-refractivity contribution < 1.29 is 57.5 Å².